The molecule has 1 aliphatic carbocycles. The van der Waals surface area contributed by atoms with E-state index in [0.717, 1.165) is 41.7 Å². The van der Waals surface area contributed by atoms with Gasteiger partial charge in [0.2, 0.25) is 5.91 Å². The van der Waals surface area contributed by atoms with Crippen LogP contribution in [0.5, 0.6) is 0 Å². The van der Waals surface area contributed by atoms with Gasteiger partial charge in [-0.2, -0.15) is 0 Å². The highest BCUT2D eigenvalue weighted by atomic mass is 16.2. The van der Waals surface area contributed by atoms with E-state index in [1.54, 1.807) is 6.92 Å². The van der Waals surface area contributed by atoms with E-state index in [1.807, 2.05) is 54.6 Å². The minimum atomic E-state index is -0.914. The van der Waals surface area contributed by atoms with E-state index < -0.39 is 11.6 Å². The molecular formula is C25H29N3O3. The first-order chi connectivity index (χ1) is 15.0. The second kappa shape index (κ2) is 8.92. The molecule has 1 heterocycles. The zero-order valence-electron chi connectivity index (χ0n) is 17.9. The molecule has 2 aliphatic rings. The first kappa shape index (κ1) is 21.1. The molecule has 1 saturated carbocycles. The van der Waals surface area contributed by atoms with Crippen LogP contribution < -0.4 is 10.6 Å². The number of anilines is 1. The number of hydrogen-bond acceptors (Lipinski definition) is 3. The Kier molecular flexibility index (Phi) is 6.07. The van der Waals surface area contributed by atoms with Gasteiger partial charge in [0.25, 0.3) is 5.91 Å². The van der Waals surface area contributed by atoms with Crippen molar-refractivity contribution in [2.45, 2.75) is 51.0 Å². The lowest BCUT2D eigenvalue weighted by Crippen LogP contribution is -2.51. The summed E-state index contributed by atoms with van der Waals surface area (Å²) in [5.41, 5.74) is 1.90. The van der Waals surface area contributed by atoms with Crippen molar-refractivity contribution < 1.29 is 14.4 Å². The predicted molar refractivity (Wildman–Crippen MR) is 120 cm³/mol. The molecule has 0 spiro atoms. The average Bonchev–Trinajstić information content (AvgIpc) is 3.00. The summed E-state index contributed by atoms with van der Waals surface area (Å²) in [6.07, 6.45) is 5.85. The van der Waals surface area contributed by atoms with Gasteiger partial charge in [-0.1, -0.05) is 67.8 Å². The van der Waals surface area contributed by atoms with Gasteiger partial charge >= 0.3 is 6.03 Å². The van der Waals surface area contributed by atoms with E-state index in [1.165, 1.54) is 6.42 Å². The monoisotopic (exact) mass is 419 g/mol. The van der Waals surface area contributed by atoms with Crippen LogP contribution in [-0.2, 0) is 16.0 Å². The smallest absolute Gasteiger partial charge is 0.324 e. The predicted octanol–water partition coefficient (Wildman–Crippen LogP) is 4.11. The minimum Gasteiger partial charge on any atom is -0.324 e. The molecule has 0 unspecified atom stereocenters. The summed E-state index contributed by atoms with van der Waals surface area (Å²) in [7, 11) is 0. The molecule has 4 rings (SSSR count). The highest BCUT2D eigenvalue weighted by Gasteiger charge is 2.52. The molecule has 4 amide bonds. The zero-order chi connectivity index (χ0) is 21.8. The summed E-state index contributed by atoms with van der Waals surface area (Å²) in [6.45, 7) is 1.52. The van der Waals surface area contributed by atoms with E-state index in [9.17, 15) is 14.4 Å². The molecule has 2 fully saturated rings. The fourth-order valence-corrected chi connectivity index (χ4v) is 4.76. The van der Waals surface area contributed by atoms with Crippen molar-refractivity contribution >= 4 is 23.5 Å². The Morgan fingerprint density at radius 1 is 1.03 bits per heavy atom. The largest absolute Gasteiger partial charge is 0.325 e. The molecule has 162 valence electrons. The van der Waals surface area contributed by atoms with Crippen molar-refractivity contribution in [1.82, 2.24) is 10.2 Å². The molecule has 6 nitrogen and oxygen atoms in total. The molecule has 0 aromatic heterocycles. The standard InChI is InChI=1S/C25H29N3O3/c1-25(20-13-6-3-7-14-20)23(30)28(24(31)27-25)17-22(29)26-21-15-9-8-12-19(21)16-18-10-4-2-5-11-18/h2,4-5,8-12,15,20H,3,6-7,13-14,16-17H2,1H3,(H,26,29)(H,27,31)/t25-/m0/s1. The lowest BCUT2D eigenvalue weighted by atomic mass is 9.75. The van der Waals surface area contributed by atoms with Crippen molar-refractivity contribution in [3.63, 3.8) is 0 Å². The summed E-state index contributed by atoms with van der Waals surface area (Å²) in [4.78, 5) is 39.5. The summed E-state index contributed by atoms with van der Waals surface area (Å²) < 4.78 is 0. The number of urea groups is 1. The number of nitrogens with one attached hydrogen (secondary N) is 2. The number of imide groups is 1. The molecule has 1 saturated heterocycles. The van der Waals surface area contributed by atoms with Crippen molar-refractivity contribution in [2.24, 2.45) is 5.92 Å². The van der Waals surface area contributed by atoms with E-state index in [2.05, 4.69) is 10.6 Å². The molecule has 0 bridgehead atoms. The van der Waals surface area contributed by atoms with Crippen LogP contribution in [0.2, 0.25) is 0 Å². The van der Waals surface area contributed by atoms with Gasteiger partial charge in [0.05, 0.1) is 0 Å². The molecule has 1 aliphatic heterocycles. The Morgan fingerprint density at radius 2 is 1.71 bits per heavy atom. The molecule has 0 radical (unpaired) electrons. The van der Waals surface area contributed by atoms with Crippen molar-refractivity contribution in [3.05, 3.63) is 65.7 Å². The van der Waals surface area contributed by atoms with Crippen LogP contribution in [0.4, 0.5) is 10.5 Å². The van der Waals surface area contributed by atoms with Crippen LogP contribution in [0.3, 0.4) is 0 Å². The Balaban J connectivity index is 1.43. The van der Waals surface area contributed by atoms with Crippen LogP contribution in [0, 0.1) is 5.92 Å². The molecule has 2 aromatic rings. The van der Waals surface area contributed by atoms with E-state index in [4.69, 9.17) is 0 Å². The summed E-state index contributed by atoms with van der Waals surface area (Å²) in [5, 5.41) is 5.76. The SMILES string of the molecule is C[C@@]1(C2CCCCC2)NC(=O)N(CC(=O)Nc2ccccc2Cc2ccccc2)C1=O. The maximum absolute atomic E-state index is 13.1. The number of amides is 4. The molecule has 31 heavy (non-hydrogen) atoms. The Bertz CT molecular complexity index is 969. The lowest BCUT2D eigenvalue weighted by molar-refractivity contribution is -0.135. The summed E-state index contributed by atoms with van der Waals surface area (Å²) >= 11 is 0. The highest BCUT2D eigenvalue weighted by Crippen LogP contribution is 2.36. The topological polar surface area (TPSA) is 78.5 Å². The Morgan fingerprint density at radius 3 is 2.45 bits per heavy atom. The van der Waals surface area contributed by atoms with Gasteiger partial charge in [0.1, 0.15) is 12.1 Å². The number of para-hydroxylation sites is 1. The van der Waals surface area contributed by atoms with Gasteiger partial charge in [0, 0.05) is 5.69 Å². The van der Waals surface area contributed by atoms with Crippen LogP contribution in [-0.4, -0.2) is 34.8 Å². The van der Waals surface area contributed by atoms with Crippen LogP contribution >= 0.6 is 0 Å². The Hall–Kier alpha value is -3.15. The lowest BCUT2D eigenvalue weighted by Gasteiger charge is -2.34. The van der Waals surface area contributed by atoms with Gasteiger partial charge in [-0.05, 0) is 49.3 Å². The van der Waals surface area contributed by atoms with Gasteiger partial charge in [-0.25, -0.2) is 4.79 Å². The van der Waals surface area contributed by atoms with Crippen LogP contribution in [0.15, 0.2) is 54.6 Å². The number of nitrogens with zero attached hydrogens (tertiary/aromatic N) is 1. The maximum Gasteiger partial charge on any atom is 0.325 e. The third-order valence-corrected chi connectivity index (χ3v) is 6.55. The number of carbonyl (C=O) groups excluding carboxylic acids is 3. The van der Waals surface area contributed by atoms with Crippen LogP contribution in [0.25, 0.3) is 0 Å². The molecule has 2 aromatic carbocycles. The van der Waals surface area contributed by atoms with E-state index in [-0.39, 0.29) is 24.3 Å². The second-order valence-corrected chi connectivity index (χ2v) is 8.73. The van der Waals surface area contributed by atoms with E-state index >= 15 is 0 Å². The maximum atomic E-state index is 13.1. The zero-order valence-corrected chi connectivity index (χ0v) is 17.9. The first-order valence-corrected chi connectivity index (χ1v) is 11.0. The van der Waals surface area contributed by atoms with Crippen LogP contribution in [0.1, 0.15) is 50.2 Å². The number of benzene rings is 2. The normalized spacial score (nSPS) is 21.8. The average molecular weight is 420 g/mol. The second-order valence-electron chi connectivity index (χ2n) is 8.73. The third-order valence-electron chi connectivity index (χ3n) is 6.55. The molecule has 2 N–H and O–H groups in total. The van der Waals surface area contributed by atoms with Crippen molar-refractivity contribution in [2.75, 3.05) is 11.9 Å². The number of carbonyl (C=O) groups is 3. The first-order valence-electron chi connectivity index (χ1n) is 11.0. The fourth-order valence-electron chi connectivity index (χ4n) is 4.76. The minimum absolute atomic E-state index is 0.123. The summed E-state index contributed by atoms with van der Waals surface area (Å²) in [6, 6.07) is 17.1. The Labute approximate surface area is 183 Å². The van der Waals surface area contributed by atoms with Gasteiger partial charge in [0.15, 0.2) is 0 Å². The highest BCUT2D eigenvalue weighted by molar-refractivity contribution is 6.10. The van der Waals surface area contributed by atoms with Gasteiger partial charge in [-0.15, -0.1) is 0 Å². The van der Waals surface area contributed by atoms with Crippen molar-refractivity contribution in [1.29, 1.82) is 0 Å². The summed E-state index contributed by atoms with van der Waals surface area (Å²) in [5.74, 6) is -0.550. The van der Waals surface area contributed by atoms with Gasteiger partial charge < -0.3 is 10.6 Å². The quantitative estimate of drug-likeness (QED) is 0.692. The number of rotatable bonds is 6. The third kappa shape index (κ3) is 4.48. The molecule has 1 atom stereocenters. The van der Waals surface area contributed by atoms with Crippen molar-refractivity contribution in [3.8, 4) is 0 Å². The molecular weight excluding hydrogens is 390 g/mol. The van der Waals surface area contributed by atoms with Gasteiger partial charge in [-0.3, -0.25) is 14.5 Å². The van der Waals surface area contributed by atoms with E-state index in [0.29, 0.717) is 12.1 Å². The number of hydrogen-bond donors (Lipinski definition) is 2. The molecule has 6 heteroatoms. The fraction of sp³-hybridized carbons (Fsp3) is 0.400.